The number of rotatable bonds is 5. The molecule has 0 spiro atoms. The summed E-state index contributed by atoms with van der Waals surface area (Å²) in [4.78, 5) is 22.1. The van der Waals surface area contributed by atoms with Crippen LogP contribution in [-0.4, -0.2) is 36.9 Å². The minimum atomic E-state index is -3.54. The summed E-state index contributed by atoms with van der Waals surface area (Å²) in [7, 11) is -3.54. The van der Waals surface area contributed by atoms with Crippen molar-refractivity contribution in [2.45, 2.75) is 36.2 Å². The Morgan fingerprint density at radius 2 is 1.95 bits per heavy atom. The van der Waals surface area contributed by atoms with Crippen LogP contribution in [0.1, 0.15) is 20.8 Å². The van der Waals surface area contributed by atoms with Crippen LogP contribution in [0, 0.1) is 10.1 Å². The van der Waals surface area contributed by atoms with Crippen LogP contribution in [0.2, 0.25) is 0 Å². The molecule has 0 aliphatic rings. The maximum Gasteiger partial charge on any atom is 0.316 e. The van der Waals surface area contributed by atoms with Gasteiger partial charge in [-0.1, -0.05) is 0 Å². The summed E-state index contributed by atoms with van der Waals surface area (Å²) in [5.41, 5.74) is -0.986. The monoisotopic (exact) mass is 347 g/mol. The number of benzene rings is 1. The Morgan fingerprint density at radius 3 is 2.41 bits per heavy atom. The van der Waals surface area contributed by atoms with E-state index in [0.717, 1.165) is 24.1 Å². The van der Waals surface area contributed by atoms with E-state index in [4.69, 9.17) is 4.74 Å². The lowest BCUT2D eigenvalue weighted by Gasteiger charge is -2.19. The van der Waals surface area contributed by atoms with Crippen molar-refractivity contribution in [2.24, 2.45) is 0 Å². The summed E-state index contributed by atoms with van der Waals surface area (Å²) in [6, 6.07) is 3.59. The second kappa shape index (κ2) is 6.66. The first-order valence-electron chi connectivity index (χ1n) is 6.23. The molecule has 0 N–H and O–H groups in total. The van der Waals surface area contributed by atoms with E-state index in [2.05, 4.69) is 0 Å². The summed E-state index contributed by atoms with van der Waals surface area (Å²) in [6.07, 6.45) is 0.972. The van der Waals surface area contributed by atoms with Gasteiger partial charge in [0.25, 0.3) is 5.69 Å². The molecule has 7 nitrogen and oxygen atoms in total. The van der Waals surface area contributed by atoms with Crippen LogP contribution in [0.5, 0.6) is 0 Å². The van der Waals surface area contributed by atoms with Crippen LogP contribution >= 0.6 is 11.8 Å². The Balaban J connectivity index is 2.96. The van der Waals surface area contributed by atoms with E-state index in [-0.39, 0.29) is 21.2 Å². The number of ether oxygens (including phenoxy) is 1. The quantitative estimate of drug-likeness (QED) is 0.349. The lowest BCUT2D eigenvalue weighted by molar-refractivity contribution is -0.388. The number of esters is 1. The first kappa shape index (κ1) is 18.4. The van der Waals surface area contributed by atoms with Gasteiger partial charge >= 0.3 is 5.97 Å². The minimum Gasteiger partial charge on any atom is -0.459 e. The van der Waals surface area contributed by atoms with E-state index >= 15 is 0 Å². The van der Waals surface area contributed by atoms with E-state index < -0.39 is 26.3 Å². The van der Waals surface area contributed by atoms with Crippen molar-refractivity contribution in [1.29, 1.82) is 0 Å². The predicted molar refractivity (Wildman–Crippen MR) is 82.8 cm³/mol. The third kappa shape index (κ3) is 5.64. The molecule has 0 bridgehead atoms. The number of hydrogen-bond donors (Lipinski definition) is 0. The molecular weight excluding hydrogens is 330 g/mol. The van der Waals surface area contributed by atoms with E-state index in [9.17, 15) is 23.3 Å². The van der Waals surface area contributed by atoms with Gasteiger partial charge in [-0.25, -0.2) is 8.42 Å². The van der Waals surface area contributed by atoms with Crippen LogP contribution in [0.3, 0.4) is 0 Å². The molecule has 0 saturated heterocycles. The van der Waals surface area contributed by atoms with Crippen molar-refractivity contribution >= 4 is 33.3 Å². The summed E-state index contributed by atoms with van der Waals surface area (Å²) in [5, 5.41) is 11.1. The lowest BCUT2D eigenvalue weighted by atomic mass is 10.2. The highest BCUT2D eigenvalue weighted by atomic mass is 32.2. The number of carbonyl (C=O) groups excluding carboxylic acids is 1. The van der Waals surface area contributed by atoms with Gasteiger partial charge in [0.15, 0.2) is 9.84 Å². The zero-order valence-electron chi connectivity index (χ0n) is 12.7. The van der Waals surface area contributed by atoms with E-state index in [0.29, 0.717) is 0 Å². The van der Waals surface area contributed by atoms with Gasteiger partial charge in [0.1, 0.15) is 5.60 Å². The second-order valence-corrected chi connectivity index (χ2v) is 8.57. The first-order chi connectivity index (χ1) is 9.90. The van der Waals surface area contributed by atoms with Crippen molar-refractivity contribution in [1.82, 2.24) is 0 Å². The number of hydrogen-bond acceptors (Lipinski definition) is 7. The highest BCUT2D eigenvalue weighted by molar-refractivity contribution is 8.00. The summed E-state index contributed by atoms with van der Waals surface area (Å²) >= 11 is 0.932. The fraction of sp³-hybridized carbons (Fsp3) is 0.462. The maximum atomic E-state index is 11.6. The van der Waals surface area contributed by atoms with Crippen molar-refractivity contribution in [2.75, 3.05) is 12.0 Å². The normalized spacial score (nSPS) is 12.0. The first-order valence-corrected chi connectivity index (χ1v) is 9.11. The van der Waals surface area contributed by atoms with Gasteiger partial charge in [-0.3, -0.25) is 14.9 Å². The average Bonchev–Trinajstić information content (AvgIpc) is 2.32. The smallest absolute Gasteiger partial charge is 0.316 e. The number of nitro groups is 1. The minimum absolute atomic E-state index is 0.101. The van der Waals surface area contributed by atoms with Gasteiger partial charge in [0.05, 0.1) is 20.5 Å². The molecule has 9 heteroatoms. The molecule has 22 heavy (non-hydrogen) atoms. The van der Waals surface area contributed by atoms with Crippen LogP contribution in [0.25, 0.3) is 0 Å². The molecule has 0 atom stereocenters. The van der Waals surface area contributed by atoms with Gasteiger partial charge in [-0.05, 0) is 32.9 Å². The molecule has 1 aromatic carbocycles. The van der Waals surface area contributed by atoms with Crippen molar-refractivity contribution < 1.29 is 22.9 Å². The predicted octanol–water partition coefficient (Wildman–Crippen LogP) is 2.43. The highest BCUT2D eigenvalue weighted by Gasteiger charge is 2.21. The molecule has 0 aromatic heterocycles. The average molecular weight is 347 g/mol. The zero-order chi connectivity index (χ0) is 17.1. The molecule has 1 rings (SSSR count). The van der Waals surface area contributed by atoms with Gasteiger partial charge < -0.3 is 4.74 Å². The highest BCUT2D eigenvalue weighted by Crippen LogP contribution is 2.31. The van der Waals surface area contributed by atoms with Gasteiger partial charge in [-0.15, -0.1) is 11.8 Å². The van der Waals surface area contributed by atoms with E-state index in [1.807, 2.05) is 0 Å². The lowest BCUT2D eigenvalue weighted by Crippen LogP contribution is -2.24. The Morgan fingerprint density at radius 1 is 1.36 bits per heavy atom. The molecule has 0 aliphatic carbocycles. The molecule has 0 fully saturated rings. The van der Waals surface area contributed by atoms with Gasteiger partial charge in [0.2, 0.25) is 0 Å². The summed E-state index contributed by atoms with van der Waals surface area (Å²) in [6.45, 7) is 5.16. The Labute approximate surface area is 133 Å². The third-order valence-corrected chi connectivity index (χ3v) is 4.47. The number of nitro benzene ring substituents is 1. The molecule has 0 unspecified atom stereocenters. The number of nitrogens with zero attached hydrogens (tertiary/aromatic N) is 1. The van der Waals surface area contributed by atoms with Gasteiger partial charge in [0, 0.05) is 12.3 Å². The summed E-state index contributed by atoms with van der Waals surface area (Å²) in [5.74, 6) is -0.602. The Bertz CT molecular complexity index is 691. The number of sulfone groups is 1. The molecule has 1 aromatic rings. The molecule has 0 aliphatic heterocycles. The maximum absolute atomic E-state index is 11.6. The van der Waals surface area contributed by atoms with Crippen molar-refractivity contribution in [3.63, 3.8) is 0 Å². The van der Waals surface area contributed by atoms with Crippen molar-refractivity contribution in [3.8, 4) is 0 Å². The third-order valence-electron chi connectivity index (χ3n) is 2.32. The molecule has 122 valence electrons. The van der Waals surface area contributed by atoms with Crippen molar-refractivity contribution in [3.05, 3.63) is 28.3 Å². The van der Waals surface area contributed by atoms with Crippen LogP contribution < -0.4 is 0 Å². The molecule has 0 heterocycles. The molecular formula is C13H17NO6S2. The number of carbonyl (C=O) groups is 1. The van der Waals surface area contributed by atoms with Crippen LogP contribution in [-0.2, 0) is 19.4 Å². The molecule has 0 saturated carbocycles. The Hall–Kier alpha value is -1.61. The number of thioether (sulfide) groups is 1. The van der Waals surface area contributed by atoms with Crippen LogP contribution in [0.4, 0.5) is 5.69 Å². The fourth-order valence-corrected chi connectivity index (χ4v) is 2.92. The SMILES string of the molecule is CC(C)(C)OC(=O)CSc1ccc(S(C)(=O)=O)cc1[N+](=O)[O-]. The van der Waals surface area contributed by atoms with E-state index in [1.54, 1.807) is 20.8 Å². The second-order valence-electron chi connectivity index (χ2n) is 5.53. The zero-order valence-corrected chi connectivity index (χ0v) is 14.3. The topological polar surface area (TPSA) is 104 Å². The Kier molecular flexibility index (Phi) is 5.58. The fourth-order valence-electron chi connectivity index (χ4n) is 1.50. The van der Waals surface area contributed by atoms with E-state index in [1.165, 1.54) is 12.1 Å². The standard InChI is InChI=1S/C13H17NO6S2/c1-13(2,3)20-12(15)8-21-11-6-5-9(22(4,18)19)7-10(11)14(16)17/h5-7H,8H2,1-4H3. The summed E-state index contributed by atoms with van der Waals surface area (Å²) < 4.78 is 28.0. The molecule has 0 radical (unpaired) electrons. The van der Waals surface area contributed by atoms with Crippen LogP contribution in [0.15, 0.2) is 28.0 Å². The molecule has 0 amide bonds. The largest absolute Gasteiger partial charge is 0.459 e. The van der Waals surface area contributed by atoms with Gasteiger partial charge in [-0.2, -0.15) is 0 Å².